The van der Waals surface area contributed by atoms with Crippen LogP contribution >= 0.6 is 0 Å². The van der Waals surface area contributed by atoms with Crippen LogP contribution in [0.5, 0.6) is 0 Å². The van der Waals surface area contributed by atoms with Crippen LogP contribution in [-0.4, -0.2) is 37.0 Å². The molecule has 100 valence electrons. The zero-order valence-electron chi connectivity index (χ0n) is 11.1. The predicted molar refractivity (Wildman–Crippen MR) is 69.0 cm³/mol. The molecule has 2 aliphatic carbocycles. The van der Waals surface area contributed by atoms with E-state index in [0.29, 0.717) is 18.8 Å². The van der Waals surface area contributed by atoms with E-state index >= 15 is 0 Å². The number of hydrogen-bond acceptors (Lipinski definition) is 3. The van der Waals surface area contributed by atoms with Crippen molar-refractivity contribution in [3.63, 3.8) is 0 Å². The van der Waals surface area contributed by atoms with Gasteiger partial charge in [-0.15, -0.1) is 0 Å². The topological polar surface area (TPSA) is 41.5 Å². The Morgan fingerprint density at radius 1 is 1.24 bits per heavy atom. The molecular formula is C14H27NO2. The van der Waals surface area contributed by atoms with E-state index in [-0.39, 0.29) is 5.41 Å². The Morgan fingerprint density at radius 2 is 1.94 bits per heavy atom. The molecule has 0 aromatic rings. The first-order chi connectivity index (χ1) is 8.28. The molecule has 17 heavy (non-hydrogen) atoms. The van der Waals surface area contributed by atoms with Crippen LogP contribution in [-0.2, 0) is 4.74 Å². The van der Waals surface area contributed by atoms with Gasteiger partial charge in [0.25, 0.3) is 0 Å². The monoisotopic (exact) mass is 241 g/mol. The smallest absolute Gasteiger partial charge is 0.0604 e. The number of hydrogen-bond donors (Lipinski definition) is 2. The molecule has 0 heterocycles. The van der Waals surface area contributed by atoms with Gasteiger partial charge in [-0.25, -0.2) is 0 Å². The Bertz CT molecular complexity index is 220. The van der Waals surface area contributed by atoms with E-state index in [9.17, 15) is 5.11 Å². The number of rotatable bonds is 6. The van der Waals surface area contributed by atoms with Gasteiger partial charge in [0.2, 0.25) is 0 Å². The van der Waals surface area contributed by atoms with Gasteiger partial charge in [-0.05, 0) is 32.6 Å². The third kappa shape index (κ3) is 3.43. The minimum absolute atomic E-state index is 0.176. The Labute approximate surface area is 105 Å². The van der Waals surface area contributed by atoms with Crippen LogP contribution in [0.4, 0.5) is 0 Å². The molecule has 3 nitrogen and oxygen atoms in total. The molecule has 0 saturated heterocycles. The molecule has 2 N–H and O–H groups in total. The lowest BCUT2D eigenvalue weighted by Gasteiger charge is -2.41. The molecule has 0 atom stereocenters. The van der Waals surface area contributed by atoms with E-state index in [0.717, 1.165) is 26.0 Å². The van der Waals surface area contributed by atoms with Crippen LogP contribution in [0, 0.1) is 5.41 Å². The molecular weight excluding hydrogens is 214 g/mol. The Balaban J connectivity index is 1.67. The number of aliphatic hydroxyl groups excluding tert-OH is 1. The quantitative estimate of drug-likeness (QED) is 0.748. The third-order valence-corrected chi connectivity index (χ3v) is 4.51. The fourth-order valence-electron chi connectivity index (χ4n) is 3.16. The fourth-order valence-corrected chi connectivity index (χ4v) is 3.16. The second-order valence-electron chi connectivity index (χ2n) is 5.85. The average molecular weight is 241 g/mol. The van der Waals surface area contributed by atoms with Crippen molar-refractivity contribution in [3.05, 3.63) is 0 Å². The molecule has 0 spiro atoms. The first-order valence-corrected chi connectivity index (χ1v) is 7.24. The molecule has 3 heteroatoms. The summed E-state index contributed by atoms with van der Waals surface area (Å²) in [6, 6.07) is 0.622. The Kier molecular flexibility index (Phi) is 4.83. The minimum Gasteiger partial charge on any atom is -0.396 e. The van der Waals surface area contributed by atoms with E-state index in [1.807, 2.05) is 0 Å². The van der Waals surface area contributed by atoms with E-state index < -0.39 is 0 Å². The normalized spacial score (nSPS) is 32.1. The van der Waals surface area contributed by atoms with Crippen molar-refractivity contribution < 1.29 is 9.84 Å². The summed E-state index contributed by atoms with van der Waals surface area (Å²) in [6.45, 7) is 4.23. The Morgan fingerprint density at radius 3 is 2.53 bits per heavy atom. The molecule has 2 aliphatic rings. The summed E-state index contributed by atoms with van der Waals surface area (Å²) >= 11 is 0. The van der Waals surface area contributed by atoms with Crippen molar-refractivity contribution >= 4 is 0 Å². The zero-order chi connectivity index (χ0) is 12.1. The summed E-state index contributed by atoms with van der Waals surface area (Å²) in [5.41, 5.74) is 0.176. The first-order valence-electron chi connectivity index (χ1n) is 7.24. The second kappa shape index (κ2) is 6.17. The van der Waals surface area contributed by atoms with Gasteiger partial charge in [0.05, 0.1) is 6.10 Å². The van der Waals surface area contributed by atoms with Crippen LogP contribution in [0.1, 0.15) is 51.9 Å². The molecule has 2 fully saturated rings. The molecule has 2 saturated carbocycles. The molecule has 2 rings (SSSR count). The van der Waals surface area contributed by atoms with Crippen LogP contribution in [0.2, 0.25) is 0 Å². The van der Waals surface area contributed by atoms with Crippen molar-refractivity contribution in [1.29, 1.82) is 0 Å². The SMILES string of the molecule is CCOC1CC(NCC2(CO)CCCCC2)C1. The van der Waals surface area contributed by atoms with Gasteiger partial charge in [0, 0.05) is 31.2 Å². The van der Waals surface area contributed by atoms with Crippen molar-refractivity contribution in [2.45, 2.75) is 64.0 Å². The molecule has 0 unspecified atom stereocenters. The van der Waals surface area contributed by atoms with Crippen molar-refractivity contribution in [2.75, 3.05) is 19.8 Å². The maximum absolute atomic E-state index is 9.62. The van der Waals surface area contributed by atoms with Crippen LogP contribution in [0.15, 0.2) is 0 Å². The summed E-state index contributed by atoms with van der Waals surface area (Å²) in [7, 11) is 0. The first kappa shape index (κ1) is 13.3. The van der Waals surface area contributed by atoms with E-state index in [2.05, 4.69) is 12.2 Å². The lowest BCUT2D eigenvalue weighted by molar-refractivity contribution is -0.0158. The largest absolute Gasteiger partial charge is 0.396 e. The summed E-state index contributed by atoms with van der Waals surface area (Å²) < 4.78 is 5.56. The molecule has 0 aromatic carbocycles. The molecule has 0 amide bonds. The highest BCUT2D eigenvalue weighted by atomic mass is 16.5. The molecule has 0 aliphatic heterocycles. The van der Waals surface area contributed by atoms with Gasteiger partial charge in [0.1, 0.15) is 0 Å². The summed E-state index contributed by atoms with van der Waals surface area (Å²) in [6.07, 6.45) is 9.08. The van der Waals surface area contributed by atoms with Crippen LogP contribution in [0.3, 0.4) is 0 Å². The maximum Gasteiger partial charge on any atom is 0.0604 e. The van der Waals surface area contributed by atoms with Crippen LogP contribution < -0.4 is 5.32 Å². The molecule has 0 radical (unpaired) electrons. The second-order valence-corrected chi connectivity index (χ2v) is 5.85. The van der Waals surface area contributed by atoms with E-state index in [1.54, 1.807) is 0 Å². The average Bonchev–Trinajstić information content (AvgIpc) is 2.33. The predicted octanol–water partition coefficient (Wildman–Crippen LogP) is 2.09. The lowest BCUT2D eigenvalue weighted by atomic mass is 9.74. The third-order valence-electron chi connectivity index (χ3n) is 4.51. The lowest BCUT2D eigenvalue weighted by Crippen LogP contribution is -2.50. The number of ether oxygens (including phenoxy) is 1. The van der Waals surface area contributed by atoms with Crippen LogP contribution in [0.25, 0.3) is 0 Å². The van der Waals surface area contributed by atoms with Crippen molar-refractivity contribution in [1.82, 2.24) is 5.32 Å². The highest BCUT2D eigenvalue weighted by Crippen LogP contribution is 2.36. The highest BCUT2D eigenvalue weighted by Gasteiger charge is 2.35. The zero-order valence-corrected chi connectivity index (χ0v) is 11.1. The maximum atomic E-state index is 9.62. The minimum atomic E-state index is 0.176. The van der Waals surface area contributed by atoms with E-state index in [1.165, 1.54) is 32.1 Å². The molecule has 0 bridgehead atoms. The fraction of sp³-hybridized carbons (Fsp3) is 1.00. The van der Waals surface area contributed by atoms with Gasteiger partial charge >= 0.3 is 0 Å². The Hall–Kier alpha value is -0.120. The van der Waals surface area contributed by atoms with Gasteiger partial charge in [0.15, 0.2) is 0 Å². The summed E-state index contributed by atoms with van der Waals surface area (Å²) in [5.74, 6) is 0. The van der Waals surface area contributed by atoms with Gasteiger partial charge in [-0.2, -0.15) is 0 Å². The summed E-state index contributed by atoms with van der Waals surface area (Å²) in [4.78, 5) is 0. The standard InChI is InChI=1S/C14H27NO2/c1-2-17-13-8-12(9-13)15-10-14(11-16)6-4-3-5-7-14/h12-13,15-16H,2-11H2,1H3. The van der Waals surface area contributed by atoms with Gasteiger partial charge in [-0.3, -0.25) is 0 Å². The van der Waals surface area contributed by atoms with Gasteiger partial charge in [-0.1, -0.05) is 19.3 Å². The van der Waals surface area contributed by atoms with E-state index in [4.69, 9.17) is 4.74 Å². The summed E-state index contributed by atoms with van der Waals surface area (Å²) in [5, 5.41) is 13.2. The number of nitrogens with one attached hydrogen (secondary N) is 1. The number of aliphatic hydroxyl groups is 1. The van der Waals surface area contributed by atoms with Crippen molar-refractivity contribution in [2.24, 2.45) is 5.41 Å². The van der Waals surface area contributed by atoms with Crippen molar-refractivity contribution in [3.8, 4) is 0 Å². The molecule has 0 aromatic heterocycles. The van der Waals surface area contributed by atoms with Gasteiger partial charge < -0.3 is 15.2 Å². The highest BCUT2D eigenvalue weighted by molar-refractivity contribution is 4.90.